The smallest absolute Gasteiger partial charge is 0.0318 e. The lowest BCUT2D eigenvalue weighted by Crippen LogP contribution is -2.34. The van der Waals surface area contributed by atoms with E-state index in [-0.39, 0.29) is 5.54 Å². The first-order valence-electron chi connectivity index (χ1n) is 5.07. The predicted molar refractivity (Wildman–Crippen MR) is 61.1 cm³/mol. The molecule has 0 aromatic heterocycles. The van der Waals surface area contributed by atoms with E-state index in [4.69, 9.17) is 5.73 Å². The fourth-order valence-electron chi connectivity index (χ4n) is 1.95. The first-order chi connectivity index (χ1) is 6.48. The van der Waals surface area contributed by atoms with Crippen LogP contribution in [0.25, 0.3) is 6.08 Å². The molecule has 0 atom stereocenters. The van der Waals surface area contributed by atoms with Crippen LogP contribution < -0.4 is 5.73 Å². The van der Waals surface area contributed by atoms with E-state index in [1.54, 1.807) is 0 Å². The van der Waals surface area contributed by atoms with Crippen molar-refractivity contribution in [3.8, 4) is 0 Å². The van der Waals surface area contributed by atoms with Crippen LogP contribution in [0.4, 0.5) is 0 Å². The molecule has 0 aliphatic heterocycles. The van der Waals surface area contributed by atoms with Crippen LogP contribution in [-0.2, 0) is 6.42 Å². The Morgan fingerprint density at radius 2 is 2.00 bits per heavy atom. The van der Waals surface area contributed by atoms with Crippen molar-refractivity contribution < 1.29 is 0 Å². The Balaban J connectivity index is 2.45. The monoisotopic (exact) mass is 187 g/mol. The highest BCUT2D eigenvalue weighted by atomic mass is 14.7. The lowest BCUT2D eigenvalue weighted by atomic mass is 9.94. The van der Waals surface area contributed by atoms with Crippen molar-refractivity contribution in [2.45, 2.75) is 32.7 Å². The van der Waals surface area contributed by atoms with Gasteiger partial charge >= 0.3 is 0 Å². The third kappa shape index (κ3) is 1.48. The van der Waals surface area contributed by atoms with Crippen LogP contribution in [0.1, 0.15) is 30.5 Å². The van der Waals surface area contributed by atoms with Crippen molar-refractivity contribution in [2.24, 2.45) is 5.73 Å². The molecule has 1 aromatic carbocycles. The number of hydrogen-bond acceptors (Lipinski definition) is 1. The van der Waals surface area contributed by atoms with E-state index in [1.807, 2.05) is 0 Å². The normalized spacial score (nSPS) is 15.3. The van der Waals surface area contributed by atoms with Gasteiger partial charge in [-0.1, -0.05) is 24.3 Å². The number of fused-ring (bicyclic) bond motifs is 1. The molecule has 1 heteroatoms. The molecule has 0 fully saturated rings. The molecule has 74 valence electrons. The molecule has 0 radical (unpaired) electrons. The SMILES string of the molecule is Cc1cccc2c1C=C(C(C)(C)N)C2. The van der Waals surface area contributed by atoms with E-state index in [1.165, 1.54) is 22.3 Å². The standard InChI is InChI=1S/C13H17N/c1-9-5-4-6-10-7-11(8-12(9)10)13(2,3)14/h4-6,8H,7,14H2,1-3H3. The second-order valence-corrected chi connectivity index (χ2v) is 4.72. The van der Waals surface area contributed by atoms with Gasteiger partial charge in [0.05, 0.1) is 0 Å². The van der Waals surface area contributed by atoms with Crippen LogP contribution in [-0.4, -0.2) is 5.54 Å². The van der Waals surface area contributed by atoms with Crippen LogP contribution in [0.15, 0.2) is 23.8 Å². The Labute approximate surface area is 85.6 Å². The van der Waals surface area contributed by atoms with Gasteiger partial charge in [0.15, 0.2) is 0 Å². The van der Waals surface area contributed by atoms with E-state index < -0.39 is 0 Å². The number of rotatable bonds is 1. The fourth-order valence-corrected chi connectivity index (χ4v) is 1.95. The summed E-state index contributed by atoms with van der Waals surface area (Å²) in [4.78, 5) is 0. The lowest BCUT2D eigenvalue weighted by Gasteiger charge is -2.20. The zero-order chi connectivity index (χ0) is 10.3. The second-order valence-electron chi connectivity index (χ2n) is 4.72. The second kappa shape index (κ2) is 2.96. The topological polar surface area (TPSA) is 26.0 Å². The predicted octanol–water partition coefficient (Wildman–Crippen LogP) is 2.67. The quantitative estimate of drug-likeness (QED) is 0.718. The van der Waals surface area contributed by atoms with E-state index in [0.29, 0.717) is 0 Å². The minimum atomic E-state index is -0.189. The van der Waals surface area contributed by atoms with Crippen molar-refractivity contribution >= 4 is 6.08 Å². The Kier molecular flexibility index (Phi) is 2.00. The Morgan fingerprint density at radius 1 is 1.29 bits per heavy atom. The zero-order valence-corrected chi connectivity index (χ0v) is 9.09. The molecule has 14 heavy (non-hydrogen) atoms. The molecule has 1 aliphatic rings. The molecule has 1 nitrogen and oxygen atoms in total. The summed E-state index contributed by atoms with van der Waals surface area (Å²) in [6, 6.07) is 6.47. The molecule has 2 rings (SSSR count). The molecule has 0 amide bonds. The lowest BCUT2D eigenvalue weighted by molar-refractivity contribution is 0.604. The summed E-state index contributed by atoms with van der Waals surface area (Å²) in [5.74, 6) is 0. The van der Waals surface area contributed by atoms with Gasteiger partial charge in [-0.15, -0.1) is 0 Å². The van der Waals surface area contributed by atoms with E-state index in [2.05, 4.69) is 45.0 Å². The Hall–Kier alpha value is -1.08. The molecular weight excluding hydrogens is 170 g/mol. The maximum atomic E-state index is 6.10. The number of hydrogen-bond donors (Lipinski definition) is 1. The average molecular weight is 187 g/mol. The third-order valence-electron chi connectivity index (χ3n) is 2.94. The van der Waals surface area contributed by atoms with Crippen LogP contribution in [0.2, 0.25) is 0 Å². The maximum absolute atomic E-state index is 6.10. The minimum Gasteiger partial charge on any atom is -0.322 e. The van der Waals surface area contributed by atoms with Gasteiger partial charge in [0, 0.05) is 5.54 Å². The molecule has 0 saturated heterocycles. The van der Waals surface area contributed by atoms with Crippen molar-refractivity contribution in [1.29, 1.82) is 0 Å². The number of aryl methyl sites for hydroxylation is 1. The molecule has 2 N–H and O–H groups in total. The summed E-state index contributed by atoms with van der Waals surface area (Å²) in [6.07, 6.45) is 3.27. The van der Waals surface area contributed by atoms with Gasteiger partial charge < -0.3 is 5.73 Å². The molecule has 0 bridgehead atoms. The Morgan fingerprint density at radius 3 is 2.57 bits per heavy atom. The molecular formula is C13H17N. The van der Waals surface area contributed by atoms with Gasteiger partial charge in [-0.05, 0) is 49.5 Å². The van der Waals surface area contributed by atoms with Crippen molar-refractivity contribution in [2.75, 3.05) is 0 Å². The zero-order valence-electron chi connectivity index (χ0n) is 9.09. The summed E-state index contributed by atoms with van der Waals surface area (Å²) in [5, 5.41) is 0. The van der Waals surface area contributed by atoms with E-state index in [0.717, 1.165) is 6.42 Å². The summed E-state index contributed by atoms with van der Waals surface area (Å²) in [7, 11) is 0. The van der Waals surface area contributed by atoms with Crippen LogP contribution in [0.5, 0.6) is 0 Å². The molecule has 0 saturated carbocycles. The summed E-state index contributed by atoms with van der Waals surface area (Å²) >= 11 is 0. The van der Waals surface area contributed by atoms with Crippen molar-refractivity contribution in [1.82, 2.24) is 0 Å². The molecule has 1 aliphatic carbocycles. The highest BCUT2D eigenvalue weighted by Crippen LogP contribution is 2.31. The highest BCUT2D eigenvalue weighted by Gasteiger charge is 2.23. The van der Waals surface area contributed by atoms with Crippen LogP contribution >= 0.6 is 0 Å². The van der Waals surface area contributed by atoms with Crippen LogP contribution in [0.3, 0.4) is 0 Å². The Bertz CT molecular complexity index is 394. The highest BCUT2D eigenvalue weighted by molar-refractivity contribution is 5.68. The molecule has 0 heterocycles. The average Bonchev–Trinajstić information content (AvgIpc) is 2.48. The van der Waals surface area contributed by atoms with Gasteiger partial charge in [0.1, 0.15) is 0 Å². The first kappa shape index (κ1) is 9.47. The third-order valence-corrected chi connectivity index (χ3v) is 2.94. The van der Waals surface area contributed by atoms with Crippen molar-refractivity contribution in [3.05, 3.63) is 40.5 Å². The van der Waals surface area contributed by atoms with Crippen molar-refractivity contribution in [3.63, 3.8) is 0 Å². The van der Waals surface area contributed by atoms with E-state index in [9.17, 15) is 0 Å². The number of benzene rings is 1. The van der Waals surface area contributed by atoms with Gasteiger partial charge in [-0.3, -0.25) is 0 Å². The summed E-state index contributed by atoms with van der Waals surface area (Å²) in [5.41, 5.74) is 11.4. The fraction of sp³-hybridized carbons (Fsp3) is 0.385. The first-order valence-corrected chi connectivity index (χ1v) is 5.07. The van der Waals surface area contributed by atoms with Gasteiger partial charge in [-0.2, -0.15) is 0 Å². The van der Waals surface area contributed by atoms with E-state index >= 15 is 0 Å². The molecule has 1 aromatic rings. The van der Waals surface area contributed by atoms with Gasteiger partial charge in [0.25, 0.3) is 0 Å². The number of nitrogens with two attached hydrogens (primary N) is 1. The molecule has 0 spiro atoms. The summed E-state index contributed by atoms with van der Waals surface area (Å²) in [6.45, 7) is 6.29. The largest absolute Gasteiger partial charge is 0.322 e. The van der Waals surface area contributed by atoms with Gasteiger partial charge in [0.2, 0.25) is 0 Å². The summed E-state index contributed by atoms with van der Waals surface area (Å²) < 4.78 is 0. The van der Waals surface area contributed by atoms with Crippen LogP contribution in [0, 0.1) is 6.92 Å². The molecule has 0 unspecified atom stereocenters. The minimum absolute atomic E-state index is 0.189. The van der Waals surface area contributed by atoms with Gasteiger partial charge in [-0.25, -0.2) is 0 Å². The maximum Gasteiger partial charge on any atom is 0.0318 e.